The molecule has 182 valence electrons. The zero-order valence-electron chi connectivity index (χ0n) is 18.9. The molecule has 2 saturated carbocycles. The van der Waals surface area contributed by atoms with Gasteiger partial charge in [0.15, 0.2) is 6.61 Å². The van der Waals surface area contributed by atoms with E-state index in [0.717, 1.165) is 30.4 Å². The number of carbonyl (C=O) groups is 2. The average Bonchev–Trinajstić information content (AvgIpc) is 2.81. The van der Waals surface area contributed by atoms with Gasteiger partial charge in [0.25, 0.3) is 5.91 Å². The van der Waals surface area contributed by atoms with E-state index in [2.05, 4.69) is 15.6 Å². The summed E-state index contributed by atoms with van der Waals surface area (Å²) in [4.78, 5) is 29.1. The van der Waals surface area contributed by atoms with Gasteiger partial charge in [0.1, 0.15) is 17.3 Å². The van der Waals surface area contributed by atoms with E-state index in [9.17, 15) is 14.0 Å². The average molecular weight is 490 g/mol. The Kier molecular flexibility index (Phi) is 8.21. The molecule has 2 aliphatic carbocycles. The van der Waals surface area contributed by atoms with E-state index in [4.69, 9.17) is 21.1 Å². The number of ether oxygens (including phenoxy) is 2. The highest BCUT2D eigenvalue weighted by Crippen LogP contribution is 2.26. The fourth-order valence-electron chi connectivity index (χ4n) is 4.11. The normalized spacial score (nSPS) is 20.2. The molecule has 1 aromatic heterocycles. The third-order valence-corrected chi connectivity index (χ3v) is 6.62. The third-order valence-electron chi connectivity index (χ3n) is 6.31. The van der Waals surface area contributed by atoms with E-state index in [1.807, 2.05) is 12.1 Å². The Morgan fingerprint density at radius 2 is 1.85 bits per heavy atom. The van der Waals surface area contributed by atoms with Crippen LogP contribution in [0.5, 0.6) is 11.5 Å². The van der Waals surface area contributed by atoms with Gasteiger partial charge in [-0.1, -0.05) is 11.6 Å². The molecule has 7 nitrogen and oxygen atoms in total. The van der Waals surface area contributed by atoms with Gasteiger partial charge in [-0.2, -0.15) is 0 Å². The van der Waals surface area contributed by atoms with Crippen molar-refractivity contribution >= 4 is 23.4 Å². The Labute approximate surface area is 203 Å². The molecule has 2 amide bonds. The zero-order valence-corrected chi connectivity index (χ0v) is 19.7. The van der Waals surface area contributed by atoms with Gasteiger partial charge in [-0.05, 0) is 63.1 Å². The van der Waals surface area contributed by atoms with Gasteiger partial charge in [0.2, 0.25) is 5.91 Å². The second-order valence-electron chi connectivity index (χ2n) is 8.85. The molecule has 9 heteroatoms. The van der Waals surface area contributed by atoms with Crippen LogP contribution in [0.3, 0.4) is 0 Å². The number of nitrogens with one attached hydrogen (secondary N) is 2. The highest BCUT2D eigenvalue weighted by molar-refractivity contribution is 6.30. The number of pyridine rings is 1. The summed E-state index contributed by atoms with van der Waals surface area (Å²) in [6.45, 7) is 0.151. The fourth-order valence-corrected chi connectivity index (χ4v) is 4.23. The maximum Gasteiger partial charge on any atom is 0.258 e. The van der Waals surface area contributed by atoms with Crippen LogP contribution in [0.4, 0.5) is 4.39 Å². The first kappa shape index (κ1) is 24.3. The van der Waals surface area contributed by atoms with Crippen molar-refractivity contribution in [2.24, 2.45) is 5.92 Å². The maximum absolute atomic E-state index is 13.5. The van der Waals surface area contributed by atoms with Crippen LogP contribution in [-0.4, -0.2) is 35.6 Å². The molecule has 0 spiro atoms. The maximum atomic E-state index is 13.5. The molecule has 2 aliphatic rings. The molecule has 4 rings (SSSR count). The lowest BCUT2D eigenvalue weighted by Crippen LogP contribution is -2.42. The number of aromatic nitrogens is 1. The van der Waals surface area contributed by atoms with Crippen molar-refractivity contribution in [2.45, 2.75) is 63.6 Å². The van der Waals surface area contributed by atoms with Crippen LogP contribution in [0.1, 0.15) is 50.6 Å². The topological polar surface area (TPSA) is 89.5 Å². The van der Waals surface area contributed by atoms with Crippen LogP contribution in [0.2, 0.25) is 5.02 Å². The number of rotatable bonds is 9. The van der Waals surface area contributed by atoms with E-state index in [0.29, 0.717) is 38.3 Å². The number of carbonyl (C=O) groups excluding carboxylic acids is 2. The van der Waals surface area contributed by atoms with Gasteiger partial charge in [0, 0.05) is 30.3 Å². The molecule has 34 heavy (non-hydrogen) atoms. The van der Waals surface area contributed by atoms with Crippen LogP contribution >= 0.6 is 11.6 Å². The number of hydrogen-bond acceptors (Lipinski definition) is 5. The highest BCUT2D eigenvalue weighted by atomic mass is 35.5. The SMILES string of the molecule is O=C(COc1ccc(Cl)c(F)c1)N[C@H]1CC[C@H](C(=O)NCc2cc(OC3CCC3)ccn2)CC1. The molecule has 0 saturated heterocycles. The van der Waals surface area contributed by atoms with Crippen molar-refractivity contribution in [2.75, 3.05) is 6.61 Å². The Morgan fingerprint density at radius 1 is 1.06 bits per heavy atom. The van der Waals surface area contributed by atoms with Gasteiger partial charge >= 0.3 is 0 Å². The Bertz CT molecular complexity index is 1010. The van der Waals surface area contributed by atoms with Crippen LogP contribution < -0.4 is 20.1 Å². The van der Waals surface area contributed by atoms with Crippen LogP contribution in [0.15, 0.2) is 36.5 Å². The van der Waals surface area contributed by atoms with Gasteiger partial charge in [0.05, 0.1) is 23.4 Å². The van der Waals surface area contributed by atoms with Crippen LogP contribution in [-0.2, 0) is 16.1 Å². The van der Waals surface area contributed by atoms with E-state index >= 15 is 0 Å². The van der Waals surface area contributed by atoms with Gasteiger partial charge < -0.3 is 20.1 Å². The van der Waals surface area contributed by atoms with Crippen molar-refractivity contribution in [3.8, 4) is 11.5 Å². The van der Waals surface area contributed by atoms with Gasteiger partial charge in [-0.3, -0.25) is 14.6 Å². The van der Waals surface area contributed by atoms with E-state index in [1.54, 1.807) is 6.20 Å². The first-order chi connectivity index (χ1) is 16.5. The van der Waals surface area contributed by atoms with Crippen molar-refractivity contribution in [3.63, 3.8) is 0 Å². The predicted molar refractivity (Wildman–Crippen MR) is 125 cm³/mol. The first-order valence-corrected chi connectivity index (χ1v) is 12.1. The monoisotopic (exact) mass is 489 g/mol. The standard InChI is InChI=1S/C25H29ClFN3O4/c26-22-9-8-20(13-23(22)27)33-15-24(31)30-17-6-4-16(5-7-17)25(32)29-14-18-12-21(10-11-28-18)34-19-2-1-3-19/h8-13,16-17,19H,1-7,14-15H2,(H,29,32)(H,30,31)/t16-,17-. The van der Waals surface area contributed by atoms with Crippen molar-refractivity contribution in [1.29, 1.82) is 0 Å². The first-order valence-electron chi connectivity index (χ1n) is 11.7. The largest absolute Gasteiger partial charge is 0.490 e. The zero-order chi connectivity index (χ0) is 23.9. The Morgan fingerprint density at radius 3 is 2.56 bits per heavy atom. The second-order valence-corrected chi connectivity index (χ2v) is 9.26. The molecule has 2 fully saturated rings. The molecule has 0 atom stereocenters. The van der Waals surface area contributed by atoms with Crippen LogP contribution in [0, 0.1) is 11.7 Å². The van der Waals surface area contributed by atoms with E-state index in [1.165, 1.54) is 18.6 Å². The smallest absolute Gasteiger partial charge is 0.258 e. The quantitative estimate of drug-likeness (QED) is 0.551. The summed E-state index contributed by atoms with van der Waals surface area (Å²) in [6, 6.07) is 7.75. The van der Waals surface area contributed by atoms with Crippen LogP contribution in [0.25, 0.3) is 0 Å². The summed E-state index contributed by atoms with van der Waals surface area (Å²) in [5.41, 5.74) is 0.770. The summed E-state index contributed by atoms with van der Waals surface area (Å²) in [5, 5.41) is 5.90. The predicted octanol–water partition coefficient (Wildman–Crippen LogP) is 4.18. The van der Waals surface area contributed by atoms with Gasteiger partial charge in [-0.15, -0.1) is 0 Å². The summed E-state index contributed by atoms with van der Waals surface area (Å²) in [6.07, 6.45) is 8.20. The Balaban J connectivity index is 1.15. The molecule has 0 bridgehead atoms. The molecule has 1 aromatic carbocycles. The minimum Gasteiger partial charge on any atom is -0.490 e. The summed E-state index contributed by atoms with van der Waals surface area (Å²) in [5.74, 6) is 0.0817. The molecular formula is C25H29ClFN3O4. The van der Waals surface area contributed by atoms with Crippen molar-refractivity contribution in [1.82, 2.24) is 15.6 Å². The molecular weight excluding hydrogens is 461 g/mol. The fraction of sp³-hybridized carbons (Fsp3) is 0.480. The molecule has 0 aliphatic heterocycles. The lowest BCUT2D eigenvalue weighted by atomic mass is 9.85. The molecule has 2 aromatic rings. The van der Waals surface area contributed by atoms with Gasteiger partial charge in [-0.25, -0.2) is 4.39 Å². The minimum atomic E-state index is -0.596. The lowest BCUT2D eigenvalue weighted by Gasteiger charge is -2.28. The van der Waals surface area contributed by atoms with E-state index < -0.39 is 5.82 Å². The number of hydrogen-bond donors (Lipinski definition) is 2. The Hall–Kier alpha value is -2.87. The second kappa shape index (κ2) is 11.5. The van der Waals surface area contributed by atoms with Crippen molar-refractivity contribution < 1.29 is 23.5 Å². The molecule has 0 unspecified atom stereocenters. The minimum absolute atomic E-state index is 0.000319. The van der Waals surface area contributed by atoms with Crippen molar-refractivity contribution in [3.05, 3.63) is 53.1 Å². The van der Waals surface area contributed by atoms with E-state index in [-0.39, 0.29) is 41.2 Å². The summed E-state index contributed by atoms with van der Waals surface area (Å²) >= 11 is 5.64. The summed E-state index contributed by atoms with van der Waals surface area (Å²) < 4.78 is 24.7. The number of halogens is 2. The highest BCUT2D eigenvalue weighted by Gasteiger charge is 2.27. The number of benzene rings is 1. The molecule has 0 radical (unpaired) electrons. The third kappa shape index (κ3) is 6.82. The molecule has 2 N–H and O–H groups in total. The number of amides is 2. The molecule has 1 heterocycles. The lowest BCUT2D eigenvalue weighted by molar-refractivity contribution is -0.126. The summed E-state index contributed by atoms with van der Waals surface area (Å²) in [7, 11) is 0. The number of nitrogens with zero attached hydrogens (tertiary/aromatic N) is 1.